The largest absolute Gasteiger partial charge is 0.507 e. The van der Waals surface area contributed by atoms with Crippen LogP contribution in [-0.4, -0.2) is 18.1 Å². The fourth-order valence-corrected chi connectivity index (χ4v) is 3.10. The van der Waals surface area contributed by atoms with E-state index in [0.29, 0.717) is 17.0 Å². The molecule has 2 rings (SSSR count). The quantitative estimate of drug-likeness (QED) is 0.516. The minimum Gasteiger partial charge on any atom is -0.507 e. The van der Waals surface area contributed by atoms with E-state index in [2.05, 4.69) is 5.32 Å². The van der Waals surface area contributed by atoms with Crippen LogP contribution in [-0.2, 0) is 15.6 Å². The number of aromatic hydroxyl groups is 1. The number of nitriles is 1. The van der Waals surface area contributed by atoms with Crippen LogP contribution in [0.1, 0.15) is 58.2 Å². The third kappa shape index (κ3) is 5.42. The van der Waals surface area contributed by atoms with Crippen LogP contribution in [0.5, 0.6) is 11.5 Å². The molecular weight excluding hydrogens is 376 g/mol. The molecule has 0 bridgehead atoms. The van der Waals surface area contributed by atoms with E-state index in [-0.39, 0.29) is 22.2 Å². The Balaban J connectivity index is 2.50. The highest BCUT2D eigenvalue weighted by Crippen LogP contribution is 2.40. The lowest BCUT2D eigenvalue weighted by atomic mass is 9.78. The number of phenols is 1. The van der Waals surface area contributed by atoms with Gasteiger partial charge < -0.3 is 15.2 Å². The van der Waals surface area contributed by atoms with Gasteiger partial charge in [-0.3, -0.25) is 4.79 Å². The van der Waals surface area contributed by atoms with Crippen LogP contribution in [0, 0.1) is 11.3 Å². The fraction of sp³-hybridized carbons (Fsp3) is 0.360. The number of amides is 1. The number of rotatable bonds is 4. The number of carbonyl (C=O) groups is 1. The van der Waals surface area contributed by atoms with Crippen LogP contribution >= 0.6 is 0 Å². The maximum atomic E-state index is 12.7. The number of anilines is 1. The van der Waals surface area contributed by atoms with Gasteiger partial charge in [-0.05, 0) is 46.7 Å². The predicted octanol–water partition coefficient (Wildman–Crippen LogP) is 5.54. The van der Waals surface area contributed by atoms with Gasteiger partial charge in [0.05, 0.1) is 7.11 Å². The molecule has 0 radical (unpaired) electrons. The van der Waals surface area contributed by atoms with E-state index in [1.165, 1.54) is 0 Å². The van der Waals surface area contributed by atoms with Crippen LogP contribution < -0.4 is 10.1 Å². The first-order valence-electron chi connectivity index (χ1n) is 9.82. The third-order valence-corrected chi connectivity index (χ3v) is 4.75. The van der Waals surface area contributed by atoms with Crippen molar-refractivity contribution in [2.24, 2.45) is 0 Å². The molecule has 2 N–H and O–H groups in total. The van der Waals surface area contributed by atoms with Crippen molar-refractivity contribution >= 4 is 17.7 Å². The molecule has 0 fully saturated rings. The zero-order valence-electron chi connectivity index (χ0n) is 18.8. The highest BCUT2D eigenvalue weighted by atomic mass is 16.5. The van der Waals surface area contributed by atoms with Crippen molar-refractivity contribution < 1.29 is 14.6 Å². The first-order chi connectivity index (χ1) is 13.9. The Morgan fingerprint density at radius 1 is 1.07 bits per heavy atom. The van der Waals surface area contributed by atoms with Gasteiger partial charge in [-0.25, -0.2) is 0 Å². The Bertz CT molecular complexity index is 981. The van der Waals surface area contributed by atoms with Gasteiger partial charge in [-0.2, -0.15) is 5.26 Å². The molecule has 0 aliphatic heterocycles. The molecule has 2 aromatic rings. The van der Waals surface area contributed by atoms with E-state index in [4.69, 9.17) is 4.74 Å². The molecule has 0 atom stereocenters. The van der Waals surface area contributed by atoms with E-state index in [9.17, 15) is 15.2 Å². The summed E-state index contributed by atoms with van der Waals surface area (Å²) < 4.78 is 5.17. The smallest absolute Gasteiger partial charge is 0.266 e. The highest BCUT2D eigenvalue weighted by Gasteiger charge is 2.26. The van der Waals surface area contributed by atoms with E-state index in [1.54, 1.807) is 37.5 Å². The molecule has 0 saturated heterocycles. The number of ether oxygens (including phenoxy) is 1. The van der Waals surface area contributed by atoms with Crippen molar-refractivity contribution in [2.45, 2.75) is 52.4 Å². The summed E-state index contributed by atoms with van der Waals surface area (Å²) in [6, 6.07) is 12.6. The fourth-order valence-electron chi connectivity index (χ4n) is 3.10. The summed E-state index contributed by atoms with van der Waals surface area (Å²) in [6.07, 6.45) is 1.55. The van der Waals surface area contributed by atoms with Gasteiger partial charge in [-0.15, -0.1) is 0 Å². The van der Waals surface area contributed by atoms with Crippen molar-refractivity contribution in [3.63, 3.8) is 0 Å². The number of methoxy groups -OCH3 is 1. The summed E-state index contributed by atoms with van der Waals surface area (Å²) in [7, 11) is 1.55. The predicted molar refractivity (Wildman–Crippen MR) is 121 cm³/mol. The molecule has 1 amide bonds. The minimum atomic E-state index is -0.506. The van der Waals surface area contributed by atoms with E-state index in [1.807, 2.05) is 59.7 Å². The summed E-state index contributed by atoms with van der Waals surface area (Å²) in [6.45, 7) is 12.1. The van der Waals surface area contributed by atoms with Crippen LogP contribution in [0.3, 0.4) is 0 Å². The first kappa shape index (κ1) is 23.0. The topological polar surface area (TPSA) is 82.3 Å². The number of nitrogens with zero attached hydrogens (tertiary/aromatic N) is 1. The lowest BCUT2D eigenvalue weighted by Gasteiger charge is -2.28. The van der Waals surface area contributed by atoms with Crippen molar-refractivity contribution in [1.29, 1.82) is 5.26 Å². The SMILES string of the molecule is COc1cccc(NC(=O)/C(C#N)=C/c2cc(C(C)(C)C)c(O)c(C(C)(C)C)c2)c1. The van der Waals surface area contributed by atoms with Crippen LogP contribution in [0.25, 0.3) is 6.08 Å². The second kappa shape index (κ2) is 8.62. The zero-order chi connectivity index (χ0) is 22.7. The second-order valence-corrected chi connectivity index (χ2v) is 9.32. The molecule has 2 aromatic carbocycles. The Morgan fingerprint density at radius 2 is 1.63 bits per heavy atom. The van der Waals surface area contributed by atoms with E-state index < -0.39 is 5.91 Å². The van der Waals surface area contributed by atoms with Crippen LogP contribution in [0.15, 0.2) is 42.0 Å². The van der Waals surface area contributed by atoms with Crippen LogP contribution in [0.4, 0.5) is 5.69 Å². The molecule has 0 aliphatic carbocycles. The average molecular weight is 407 g/mol. The maximum absolute atomic E-state index is 12.7. The van der Waals surface area contributed by atoms with Crippen molar-refractivity contribution in [2.75, 3.05) is 12.4 Å². The lowest BCUT2D eigenvalue weighted by Crippen LogP contribution is -2.18. The zero-order valence-corrected chi connectivity index (χ0v) is 18.8. The van der Waals surface area contributed by atoms with Crippen molar-refractivity contribution in [3.05, 3.63) is 58.7 Å². The number of benzene rings is 2. The molecule has 5 heteroatoms. The Kier molecular flexibility index (Phi) is 6.62. The average Bonchev–Trinajstić information content (AvgIpc) is 2.65. The molecule has 0 heterocycles. The van der Waals surface area contributed by atoms with Gasteiger partial charge in [0.2, 0.25) is 0 Å². The summed E-state index contributed by atoms with van der Waals surface area (Å²) >= 11 is 0. The van der Waals surface area contributed by atoms with E-state index >= 15 is 0 Å². The summed E-state index contributed by atoms with van der Waals surface area (Å²) in [5.41, 5.74) is 2.14. The Morgan fingerprint density at radius 3 is 2.10 bits per heavy atom. The summed E-state index contributed by atoms with van der Waals surface area (Å²) in [4.78, 5) is 12.7. The highest BCUT2D eigenvalue weighted by molar-refractivity contribution is 6.09. The standard InChI is InChI=1S/C25H30N2O3/c1-24(2,3)20-12-16(13-21(22(20)28)25(4,5)6)11-17(15-26)23(29)27-18-9-8-10-19(14-18)30-7/h8-14,28H,1-7H3,(H,27,29)/b17-11+. The van der Waals surface area contributed by atoms with Gasteiger partial charge in [0.15, 0.2) is 0 Å². The number of hydrogen-bond donors (Lipinski definition) is 2. The Labute approximate surface area is 179 Å². The third-order valence-electron chi connectivity index (χ3n) is 4.75. The molecule has 0 unspecified atom stereocenters. The number of phenolic OH excluding ortho intramolecular Hbond substituents is 1. The van der Waals surface area contributed by atoms with Gasteiger partial charge in [0.1, 0.15) is 23.1 Å². The first-order valence-corrected chi connectivity index (χ1v) is 9.82. The molecular formula is C25H30N2O3. The lowest BCUT2D eigenvalue weighted by molar-refractivity contribution is -0.112. The molecule has 0 aliphatic rings. The van der Waals surface area contributed by atoms with Gasteiger partial charge in [0, 0.05) is 22.9 Å². The maximum Gasteiger partial charge on any atom is 0.266 e. The molecule has 158 valence electrons. The van der Waals surface area contributed by atoms with Crippen molar-refractivity contribution in [1.82, 2.24) is 0 Å². The summed E-state index contributed by atoms with van der Waals surface area (Å²) in [5.74, 6) is 0.360. The van der Waals surface area contributed by atoms with Gasteiger partial charge >= 0.3 is 0 Å². The number of carbonyl (C=O) groups excluding carboxylic acids is 1. The molecule has 0 aromatic heterocycles. The van der Waals surface area contributed by atoms with Gasteiger partial charge in [-0.1, -0.05) is 47.6 Å². The Hall–Kier alpha value is -3.26. The second-order valence-electron chi connectivity index (χ2n) is 9.32. The monoisotopic (exact) mass is 406 g/mol. The summed E-state index contributed by atoms with van der Waals surface area (Å²) in [5, 5.41) is 23.2. The minimum absolute atomic E-state index is 0.0248. The molecule has 5 nitrogen and oxygen atoms in total. The molecule has 30 heavy (non-hydrogen) atoms. The number of hydrogen-bond acceptors (Lipinski definition) is 4. The van der Waals surface area contributed by atoms with Crippen LogP contribution in [0.2, 0.25) is 0 Å². The molecule has 0 saturated carbocycles. The van der Waals surface area contributed by atoms with E-state index in [0.717, 1.165) is 11.1 Å². The van der Waals surface area contributed by atoms with Gasteiger partial charge in [0.25, 0.3) is 5.91 Å². The van der Waals surface area contributed by atoms with Crippen molar-refractivity contribution in [3.8, 4) is 17.6 Å². The number of nitrogens with one attached hydrogen (secondary N) is 1. The molecule has 0 spiro atoms. The normalized spacial score (nSPS) is 12.3.